The van der Waals surface area contributed by atoms with Crippen LogP contribution in [0.2, 0.25) is 0 Å². The first-order valence-corrected chi connectivity index (χ1v) is 18.7. The Labute approximate surface area is 287 Å². The van der Waals surface area contributed by atoms with Gasteiger partial charge in [-0.25, -0.2) is 9.59 Å². The molecule has 6 rings (SSSR count). The van der Waals surface area contributed by atoms with E-state index in [9.17, 15) is 24.0 Å². The van der Waals surface area contributed by atoms with Crippen molar-refractivity contribution >= 4 is 48.4 Å². The fourth-order valence-electron chi connectivity index (χ4n) is 7.51. The highest BCUT2D eigenvalue weighted by Gasteiger charge is 2.37. The summed E-state index contributed by atoms with van der Waals surface area (Å²) in [5, 5.41) is 13.1. The van der Waals surface area contributed by atoms with Gasteiger partial charge in [0.2, 0.25) is 0 Å². The molecule has 2 aromatic carbocycles. The average Bonchev–Trinajstić information content (AvgIpc) is 3.27. The molecule has 2 aromatic rings. The molecule has 48 heavy (non-hydrogen) atoms. The maximum atomic E-state index is 14.0. The number of likely N-dealkylation sites (tertiary alicyclic amines) is 1. The zero-order valence-electron chi connectivity index (χ0n) is 28.0. The number of amides is 4. The number of aromatic hydroxyl groups is 1. The molecular formula is C34H47BN6O6S. The zero-order valence-corrected chi connectivity index (χ0v) is 28.8. The number of anilines is 1. The lowest BCUT2D eigenvalue weighted by Crippen LogP contribution is -2.57. The Morgan fingerprint density at radius 1 is 0.958 bits per heavy atom. The summed E-state index contributed by atoms with van der Waals surface area (Å²) in [5.74, 6) is -0.0313. The predicted octanol–water partition coefficient (Wildman–Crippen LogP) is 1.16. The van der Waals surface area contributed by atoms with Crippen molar-refractivity contribution in [3.8, 4) is 5.75 Å². The largest absolute Gasteiger partial charge is 0.598 e. The quantitative estimate of drug-likeness (QED) is 0.330. The lowest BCUT2D eigenvalue weighted by Gasteiger charge is -2.42. The molecule has 2 N–H and O–H groups in total. The molecule has 258 valence electrons. The number of piperazine rings is 1. The van der Waals surface area contributed by atoms with Gasteiger partial charge in [-0.3, -0.25) is 9.69 Å². The van der Waals surface area contributed by atoms with Crippen LogP contribution in [0.1, 0.15) is 36.8 Å². The number of nitrogens with zero attached hydrogens (tertiary/aromatic N) is 5. The van der Waals surface area contributed by atoms with Crippen molar-refractivity contribution in [2.75, 3.05) is 70.5 Å². The van der Waals surface area contributed by atoms with Crippen LogP contribution < -0.4 is 10.8 Å². The van der Waals surface area contributed by atoms with E-state index >= 15 is 0 Å². The lowest BCUT2D eigenvalue weighted by molar-refractivity contribution is -0.143. The number of para-hydroxylation sites is 1. The first-order valence-electron chi connectivity index (χ1n) is 17.2. The van der Waals surface area contributed by atoms with Gasteiger partial charge in [0.05, 0.1) is 0 Å². The Kier molecular flexibility index (Phi) is 11.0. The molecule has 2 atom stereocenters. The van der Waals surface area contributed by atoms with Crippen molar-refractivity contribution < 1.29 is 28.8 Å². The molecule has 1 unspecified atom stereocenters. The Bertz CT molecular complexity index is 1460. The van der Waals surface area contributed by atoms with Crippen molar-refractivity contribution in [1.29, 1.82) is 0 Å². The van der Waals surface area contributed by atoms with E-state index in [-0.39, 0.29) is 30.2 Å². The van der Waals surface area contributed by atoms with Crippen LogP contribution in [0, 0.1) is 0 Å². The van der Waals surface area contributed by atoms with Gasteiger partial charge < -0.3 is 34.4 Å². The highest BCUT2D eigenvalue weighted by atomic mass is 32.2. The normalized spacial score (nSPS) is 21.6. The molecule has 0 radical (unpaired) electrons. The number of hydrogen-bond acceptors (Lipinski definition) is 8. The summed E-state index contributed by atoms with van der Waals surface area (Å²) in [7, 11) is 1.80. The third-order valence-electron chi connectivity index (χ3n) is 10.4. The van der Waals surface area contributed by atoms with E-state index in [0.717, 1.165) is 62.3 Å². The van der Waals surface area contributed by atoms with Crippen LogP contribution in [-0.2, 0) is 33.7 Å². The highest BCUT2D eigenvalue weighted by Crippen LogP contribution is 2.26. The lowest BCUT2D eigenvalue weighted by atomic mass is 9.91. The first kappa shape index (κ1) is 34.4. The third kappa shape index (κ3) is 8.04. The van der Waals surface area contributed by atoms with Gasteiger partial charge in [0, 0.05) is 94.5 Å². The molecule has 4 heterocycles. The minimum atomic E-state index is -0.997. The van der Waals surface area contributed by atoms with Crippen molar-refractivity contribution in [1.82, 2.24) is 23.9 Å². The molecular weight excluding hydrogens is 631 g/mol. The molecule has 4 aliphatic rings. The molecule has 0 spiro atoms. The molecule has 12 nitrogen and oxygen atoms in total. The van der Waals surface area contributed by atoms with Gasteiger partial charge in [0.25, 0.3) is 5.91 Å². The van der Waals surface area contributed by atoms with E-state index in [0.29, 0.717) is 57.1 Å². The van der Waals surface area contributed by atoms with Gasteiger partial charge >= 0.3 is 12.1 Å². The van der Waals surface area contributed by atoms with Crippen LogP contribution in [0.4, 0.5) is 15.3 Å². The first-order chi connectivity index (χ1) is 23.2. The Morgan fingerprint density at radius 2 is 1.65 bits per heavy atom. The van der Waals surface area contributed by atoms with Crippen LogP contribution in [0.3, 0.4) is 0 Å². The van der Waals surface area contributed by atoms with Crippen LogP contribution in [0.15, 0.2) is 42.5 Å². The second kappa shape index (κ2) is 15.4. The van der Waals surface area contributed by atoms with E-state index < -0.39 is 23.6 Å². The van der Waals surface area contributed by atoms with Gasteiger partial charge in [-0.05, 0) is 60.8 Å². The number of rotatable bonds is 7. The average molecular weight is 679 g/mol. The number of ether oxygens (including phenoxy) is 1. The molecule has 0 bridgehead atoms. The minimum absolute atomic E-state index is 0.00779. The molecule has 0 aliphatic carbocycles. The number of fused-ring (bicyclic) bond motifs is 1. The van der Waals surface area contributed by atoms with Gasteiger partial charge in [-0.1, -0.05) is 30.3 Å². The number of carbonyl (C=O) groups is 3. The fourth-order valence-corrected chi connectivity index (χ4v) is 8.23. The monoisotopic (exact) mass is 678 g/mol. The van der Waals surface area contributed by atoms with Gasteiger partial charge in [0.15, 0.2) is 6.10 Å². The summed E-state index contributed by atoms with van der Waals surface area (Å²) in [6.45, 7) is 5.70. The van der Waals surface area contributed by atoms with Crippen LogP contribution >= 0.6 is 0 Å². The number of urea groups is 1. The zero-order chi connectivity index (χ0) is 33.8. The Morgan fingerprint density at radius 3 is 2.33 bits per heavy atom. The molecule has 3 fully saturated rings. The van der Waals surface area contributed by atoms with E-state index in [4.69, 9.17) is 4.74 Å². The second-order valence-electron chi connectivity index (χ2n) is 13.4. The molecule has 4 amide bonds. The van der Waals surface area contributed by atoms with Crippen molar-refractivity contribution in [3.05, 3.63) is 53.6 Å². The molecule has 14 heteroatoms. The predicted molar refractivity (Wildman–Crippen MR) is 188 cm³/mol. The Hall–Kier alpha value is -3.46. The number of benzene rings is 2. The van der Waals surface area contributed by atoms with Crippen molar-refractivity contribution in [2.45, 2.75) is 56.7 Å². The number of hydrogen-bond donors (Lipinski definition) is 2. The minimum Gasteiger partial charge on any atom is -0.598 e. The summed E-state index contributed by atoms with van der Waals surface area (Å²) in [6.07, 6.45) is 4.37. The smallest absolute Gasteiger partial charge is 0.410 e. The molecule has 3 saturated heterocycles. The van der Waals surface area contributed by atoms with Gasteiger partial charge in [-0.15, -0.1) is 4.31 Å². The topological polar surface area (TPSA) is 132 Å². The fraction of sp³-hybridized carbons (Fsp3) is 0.559. The van der Waals surface area contributed by atoms with E-state index in [1.54, 1.807) is 36.0 Å². The maximum Gasteiger partial charge on any atom is 0.410 e. The number of carbonyl (C=O) groups excluding carboxylic acids is 3. The van der Waals surface area contributed by atoms with E-state index in [1.807, 2.05) is 39.5 Å². The summed E-state index contributed by atoms with van der Waals surface area (Å²) < 4.78 is 19.9. The standard InChI is InChI=1S/C34H47BN6O6S/c1-48(46)40-15-11-26(12-16-40)37-18-20-38(21-19-37)32(43)31(23-24-6-7-30(42)28(35)22-24)47-34(45)39-13-9-27(10-14-39)41-17-8-25-4-2-3-5-29(25)36-33(41)44/h2-7,22,26-27,31,42H,8-21,23,35H2,1H3,(H,36,44)/t31-,48?/m1/s1. The summed E-state index contributed by atoms with van der Waals surface area (Å²) in [4.78, 5) is 48.4. The number of nitrogens with one attached hydrogen (secondary N) is 1. The van der Waals surface area contributed by atoms with Crippen molar-refractivity contribution in [2.24, 2.45) is 0 Å². The van der Waals surface area contributed by atoms with Crippen LogP contribution in [0.25, 0.3) is 0 Å². The highest BCUT2D eigenvalue weighted by molar-refractivity contribution is 7.88. The van der Waals surface area contributed by atoms with Gasteiger partial charge in [0.1, 0.15) is 19.9 Å². The second-order valence-corrected chi connectivity index (χ2v) is 14.8. The summed E-state index contributed by atoms with van der Waals surface area (Å²) in [6, 6.07) is 13.4. The maximum absolute atomic E-state index is 14.0. The Balaban J connectivity index is 1.05. The molecule has 0 saturated carbocycles. The van der Waals surface area contributed by atoms with Crippen LogP contribution in [-0.4, -0.2) is 143 Å². The molecule has 0 aromatic heterocycles. The number of phenolic OH excluding ortho intramolecular Hbond substituents is 1. The van der Waals surface area contributed by atoms with Crippen LogP contribution in [0.5, 0.6) is 5.75 Å². The SMILES string of the molecule is Bc1cc(C[C@@H](OC(=O)N2CCC(N3CCc4ccccc4NC3=O)CC2)C(=O)N2CCN(C3CCN([S+](C)[O-])CC3)CC2)ccc1O. The molecule has 4 aliphatic heterocycles. The van der Waals surface area contributed by atoms with Gasteiger partial charge in [-0.2, -0.15) is 0 Å². The summed E-state index contributed by atoms with van der Waals surface area (Å²) in [5.41, 5.74) is 3.47. The van der Waals surface area contributed by atoms with E-state index in [2.05, 4.69) is 10.2 Å². The van der Waals surface area contributed by atoms with E-state index in [1.165, 1.54) is 0 Å². The van der Waals surface area contributed by atoms with Crippen molar-refractivity contribution in [3.63, 3.8) is 0 Å². The number of piperidine rings is 2. The summed E-state index contributed by atoms with van der Waals surface area (Å²) >= 11 is -0.943. The number of phenols is 1. The third-order valence-corrected chi connectivity index (χ3v) is 11.5.